The Morgan fingerprint density at radius 1 is 1.27 bits per heavy atom. The van der Waals surface area contributed by atoms with Gasteiger partial charge in [-0.1, -0.05) is 6.07 Å². The molecule has 0 fully saturated rings. The smallest absolute Gasteiger partial charge is 0.387 e. The molecule has 1 heterocycles. The summed E-state index contributed by atoms with van der Waals surface area (Å²) in [5.41, 5.74) is 2.64. The van der Waals surface area contributed by atoms with Gasteiger partial charge < -0.3 is 14.4 Å². The molecule has 0 saturated carbocycles. The van der Waals surface area contributed by atoms with Crippen molar-refractivity contribution in [2.24, 2.45) is 0 Å². The maximum absolute atomic E-state index is 12.8. The van der Waals surface area contributed by atoms with E-state index in [0.29, 0.717) is 12.1 Å². The van der Waals surface area contributed by atoms with Crippen LogP contribution in [0.1, 0.15) is 39.2 Å². The van der Waals surface area contributed by atoms with Gasteiger partial charge in [0.2, 0.25) is 0 Å². The number of benzene rings is 1. The van der Waals surface area contributed by atoms with Crippen molar-refractivity contribution in [1.29, 1.82) is 0 Å². The van der Waals surface area contributed by atoms with Gasteiger partial charge in [0.25, 0.3) is 5.91 Å². The van der Waals surface area contributed by atoms with Gasteiger partial charge in [-0.25, -0.2) is 0 Å². The molecule has 26 heavy (non-hydrogen) atoms. The number of nitrogens with zero attached hydrogens (tertiary/aromatic N) is 1. The Labute approximate surface area is 155 Å². The fraction of sp³-hybridized carbons (Fsp3) is 0.421. The number of hydrogen-bond acceptors (Lipinski definition) is 4. The van der Waals surface area contributed by atoms with Crippen molar-refractivity contribution in [1.82, 2.24) is 4.90 Å². The minimum Gasteiger partial charge on any atom is -0.493 e. The summed E-state index contributed by atoms with van der Waals surface area (Å²) in [7, 11) is 3.11. The highest BCUT2D eigenvalue weighted by atomic mass is 32.1. The van der Waals surface area contributed by atoms with Crippen LogP contribution in [0.25, 0.3) is 0 Å². The van der Waals surface area contributed by atoms with Crippen LogP contribution in [-0.4, -0.2) is 31.6 Å². The number of carbonyl (C=O) groups excluding carboxylic acids is 1. The number of methoxy groups -OCH3 is 1. The fourth-order valence-electron chi connectivity index (χ4n) is 3.23. The standard InChI is InChI=1S/C19H21F2NO3S/c1-22(18(23)14-11-26-17-6-4-3-5-13(14)17)10-12-7-8-15(24-2)16(9-12)25-19(20)21/h7-9,11,19H,3-6,10H2,1-2H3. The SMILES string of the molecule is COc1ccc(CN(C)C(=O)c2csc3c2CCCC3)cc1OC(F)F. The summed E-state index contributed by atoms with van der Waals surface area (Å²) in [6.45, 7) is -2.64. The van der Waals surface area contributed by atoms with E-state index in [2.05, 4.69) is 4.74 Å². The summed E-state index contributed by atoms with van der Waals surface area (Å²) in [6.07, 6.45) is 4.28. The number of aryl methyl sites for hydroxylation is 1. The van der Waals surface area contributed by atoms with Crippen molar-refractivity contribution in [3.63, 3.8) is 0 Å². The van der Waals surface area contributed by atoms with Crippen LogP contribution in [0.3, 0.4) is 0 Å². The van der Waals surface area contributed by atoms with E-state index in [1.807, 2.05) is 5.38 Å². The number of halogens is 2. The van der Waals surface area contributed by atoms with E-state index in [0.717, 1.165) is 24.8 Å². The lowest BCUT2D eigenvalue weighted by Gasteiger charge is -2.20. The first-order chi connectivity index (χ1) is 12.5. The average Bonchev–Trinajstić information content (AvgIpc) is 3.05. The first-order valence-electron chi connectivity index (χ1n) is 8.46. The minimum absolute atomic E-state index is 0.0336. The molecule has 0 unspecified atom stereocenters. The molecule has 0 atom stereocenters. The molecule has 4 nitrogen and oxygen atoms in total. The van der Waals surface area contributed by atoms with Crippen LogP contribution in [0.4, 0.5) is 8.78 Å². The maximum atomic E-state index is 12.8. The van der Waals surface area contributed by atoms with Gasteiger partial charge in [0.05, 0.1) is 12.7 Å². The Kier molecular flexibility index (Phi) is 5.76. The zero-order chi connectivity index (χ0) is 18.7. The van der Waals surface area contributed by atoms with E-state index >= 15 is 0 Å². The van der Waals surface area contributed by atoms with Crippen molar-refractivity contribution in [3.8, 4) is 11.5 Å². The van der Waals surface area contributed by atoms with Crippen molar-refractivity contribution < 1.29 is 23.0 Å². The van der Waals surface area contributed by atoms with Crippen molar-refractivity contribution >= 4 is 17.2 Å². The van der Waals surface area contributed by atoms with Gasteiger partial charge >= 0.3 is 6.61 Å². The second-order valence-electron chi connectivity index (χ2n) is 6.28. The Morgan fingerprint density at radius 2 is 2.04 bits per heavy atom. The van der Waals surface area contributed by atoms with Crippen molar-refractivity contribution in [2.45, 2.75) is 38.8 Å². The largest absolute Gasteiger partial charge is 0.493 e. The summed E-state index contributed by atoms with van der Waals surface area (Å²) in [4.78, 5) is 15.7. The first kappa shape index (κ1) is 18.6. The molecule has 140 valence electrons. The van der Waals surface area contributed by atoms with Crippen molar-refractivity contribution in [2.75, 3.05) is 14.2 Å². The van der Waals surface area contributed by atoms with E-state index in [1.165, 1.54) is 30.0 Å². The van der Waals surface area contributed by atoms with E-state index in [9.17, 15) is 13.6 Å². The van der Waals surface area contributed by atoms with Gasteiger partial charge in [-0.15, -0.1) is 11.3 Å². The predicted octanol–water partition coefficient (Wildman–Crippen LogP) is 4.51. The van der Waals surface area contributed by atoms with E-state index < -0.39 is 6.61 Å². The third-order valence-corrected chi connectivity index (χ3v) is 5.59. The molecule has 0 N–H and O–H groups in total. The van der Waals surface area contributed by atoms with Crippen LogP contribution < -0.4 is 9.47 Å². The van der Waals surface area contributed by atoms with Gasteiger partial charge in [-0.05, 0) is 48.9 Å². The summed E-state index contributed by atoms with van der Waals surface area (Å²) >= 11 is 1.65. The van der Waals surface area contributed by atoms with Gasteiger partial charge in [0.15, 0.2) is 11.5 Å². The molecule has 0 aliphatic heterocycles. The van der Waals surface area contributed by atoms with Crippen LogP contribution >= 0.6 is 11.3 Å². The van der Waals surface area contributed by atoms with Crippen LogP contribution in [0, 0.1) is 0 Å². The summed E-state index contributed by atoms with van der Waals surface area (Å²) < 4.78 is 34.7. The van der Waals surface area contributed by atoms with E-state index in [-0.39, 0.29) is 17.4 Å². The third kappa shape index (κ3) is 3.98. The Balaban J connectivity index is 1.76. The zero-order valence-electron chi connectivity index (χ0n) is 14.8. The van der Waals surface area contributed by atoms with Gasteiger partial charge in [0.1, 0.15) is 0 Å². The molecule has 1 aromatic carbocycles. The molecular weight excluding hydrogens is 360 g/mol. The first-order valence-corrected chi connectivity index (χ1v) is 9.34. The van der Waals surface area contributed by atoms with Crippen LogP contribution in [0.15, 0.2) is 23.6 Å². The molecular formula is C19H21F2NO3S. The highest BCUT2D eigenvalue weighted by Crippen LogP contribution is 2.32. The summed E-state index contributed by atoms with van der Waals surface area (Å²) in [6, 6.07) is 4.79. The molecule has 0 radical (unpaired) electrons. The number of fused-ring (bicyclic) bond motifs is 1. The highest BCUT2D eigenvalue weighted by Gasteiger charge is 2.22. The summed E-state index contributed by atoms with van der Waals surface area (Å²) in [5, 5.41) is 1.94. The number of alkyl halides is 2. The number of ether oxygens (including phenoxy) is 2. The molecule has 0 bridgehead atoms. The molecule has 0 spiro atoms. The predicted molar refractivity (Wildman–Crippen MR) is 96.4 cm³/mol. The Morgan fingerprint density at radius 3 is 2.77 bits per heavy atom. The average molecular weight is 381 g/mol. The lowest BCUT2D eigenvalue weighted by molar-refractivity contribution is -0.0512. The number of carbonyl (C=O) groups is 1. The molecule has 0 saturated heterocycles. The molecule has 3 rings (SSSR count). The van der Waals surface area contributed by atoms with Crippen LogP contribution in [0.2, 0.25) is 0 Å². The topological polar surface area (TPSA) is 38.8 Å². The quantitative estimate of drug-likeness (QED) is 0.739. The normalized spacial score (nSPS) is 13.4. The lowest BCUT2D eigenvalue weighted by atomic mass is 9.95. The zero-order valence-corrected chi connectivity index (χ0v) is 15.6. The molecule has 1 aliphatic rings. The summed E-state index contributed by atoms with van der Waals surface area (Å²) in [5.74, 6) is 0.153. The number of rotatable bonds is 6. The third-order valence-electron chi connectivity index (χ3n) is 4.50. The number of thiophene rings is 1. The number of amides is 1. The monoisotopic (exact) mass is 381 g/mol. The second kappa shape index (κ2) is 8.03. The molecule has 1 amide bonds. The van der Waals surface area contributed by atoms with Crippen LogP contribution in [-0.2, 0) is 19.4 Å². The van der Waals surface area contributed by atoms with Crippen molar-refractivity contribution in [3.05, 3.63) is 45.1 Å². The van der Waals surface area contributed by atoms with Crippen LogP contribution in [0.5, 0.6) is 11.5 Å². The Hall–Kier alpha value is -2.15. The van der Waals surface area contributed by atoms with Gasteiger partial charge in [-0.2, -0.15) is 8.78 Å². The van der Waals surface area contributed by atoms with Gasteiger partial charge in [0, 0.05) is 23.8 Å². The number of hydrogen-bond donors (Lipinski definition) is 0. The van der Waals surface area contributed by atoms with Gasteiger partial charge in [-0.3, -0.25) is 4.79 Å². The second-order valence-corrected chi connectivity index (χ2v) is 7.25. The minimum atomic E-state index is -2.93. The molecule has 1 aliphatic carbocycles. The molecule has 7 heteroatoms. The maximum Gasteiger partial charge on any atom is 0.387 e. The lowest BCUT2D eigenvalue weighted by Crippen LogP contribution is -2.27. The highest BCUT2D eigenvalue weighted by molar-refractivity contribution is 7.10. The molecule has 1 aromatic heterocycles. The van der Waals surface area contributed by atoms with E-state index in [1.54, 1.807) is 35.4 Å². The Bertz CT molecular complexity index is 791. The fourth-order valence-corrected chi connectivity index (χ4v) is 4.35. The van der Waals surface area contributed by atoms with E-state index in [4.69, 9.17) is 4.74 Å². The molecule has 2 aromatic rings.